The Kier molecular flexibility index (Phi) is 7.50. The summed E-state index contributed by atoms with van der Waals surface area (Å²) in [5.41, 5.74) is 4.45. The number of hydrogen-bond acceptors (Lipinski definition) is 3. The van der Waals surface area contributed by atoms with Crippen molar-refractivity contribution < 1.29 is 14.3 Å². The van der Waals surface area contributed by atoms with Gasteiger partial charge in [0.25, 0.3) is 5.91 Å². The third-order valence-electron chi connectivity index (χ3n) is 5.90. The molecule has 160 valence electrons. The molecule has 0 bridgehead atoms. The minimum Gasteiger partial charge on any atom is -0.483 e. The summed E-state index contributed by atoms with van der Waals surface area (Å²) in [5, 5.41) is 3.06. The molecule has 2 aromatic carbocycles. The minimum absolute atomic E-state index is 0.0152. The molecule has 1 aliphatic heterocycles. The zero-order chi connectivity index (χ0) is 21.5. The predicted octanol–water partition coefficient (Wildman–Crippen LogP) is 3.73. The van der Waals surface area contributed by atoms with Crippen LogP contribution in [-0.4, -0.2) is 42.5 Å². The lowest BCUT2D eigenvalue weighted by atomic mass is 10.0. The quantitative estimate of drug-likeness (QED) is 0.759. The van der Waals surface area contributed by atoms with Gasteiger partial charge < -0.3 is 15.0 Å². The highest BCUT2D eigenvalue weighted by Crippen LogP contribution is 2.25. The number of ether oxygens (including phenoxy) is 1. The van der Waals surface area contributed by atoms with E-state index < -0.39 is 0 Å². The predicted molar refractivity (Wildman–Crippen MR) is 119 cm³/mol. The van der Waals surface area contributed by atoms with Crippen molar-refractivity contribution in [2.75, 3.05) is 19.7 Å². The van der Waals surface area contributed by atoms with E-state index in [2.05, 4.69) is 23.5 Å². The van der Waals surface area contributed by atoms with Crippen molar-refractivity contribution in [3.8, 4) is 5.75 Å². The number of amides is 2. The highest BCUT2D eigenvalue weighted by molar-refractivity contribution is 5.78. The minimum atomic E-state index is -0.107. The standard InChI is InChI=1S/C25H32N2O3/c1-18-9-10-19(2)25(20(18)3)30-17-23(28)26-22-13-15-27(16-14-22)24(29)12-11-21-7-5-4-6-8-21/h4-10,22H,11-17H2,1-3H3,(H,26,28). The maximum atomic E-state index is 12.5. The molecule has 0 aliphatic carbocycles. The van der Waals surface area contributed by atoms with Crippen LogP contribution in [-0.2, 0) is 16.0 Å². The first-order valence-corrected chi connectivity index (χ1v) is 10.7. The van der Waals surface area contributed by atoms with E-state index in [0.29, 0.717) is 19.5 Å². The number of nitrogens with one attached hydrogen (secondary N) is 1. The topological polar surface area (TPSA) is 58.6 Å². The maximum Gasteiger partial charge on any atom is 0.258 e. The third kappa shape index (κ3) is 5.85. The van der Waals surface area contributed by atoms with Gasteiger partial charge >= 0.3 is 0 Å². The number of carbonyl (C=O) groups is 2. The first kappa shape index (κ1) is 21.9. The number of likely N-dealkylation sites (tertiary alicyclic amines) is 1. The Morgan fingerprint density at radius 3 is 2.37 bits per heavy atom. The second kappa shape index (κ2) is 10.3. The van der Waals surface area contributed by atoms with E-state index in [1.807, 2.05) is 49.9 Å². The Hall–Kier alpha value is -2.82. The molecule has 1 N–H and O–H groups in total. The molecule has 0 atom stereocenters. The van der Waals surface area contributed by atoms with Crippen LogP contribution in [0.3, 0.4) is 0 Å². The number of benzene rings is 2. The van der Waals surface area contributed by atoms with Gasteiger partial charge in [-0.2, -0.15) is 0 Å². The van der Waals surface area contributed by atoms with Gasteiger partial charge in [0.15, 0.2) is 6.61 Å². The molecule has 1 aliphatic rings. The van der Waals surface area contributed by atoms with Gasteiger partial charge in [-0.3, -0.25) is 9.59 Å². The average molecular weight is 409 g/mol. The van der Waals surface area contributed by atoms with Gasteiger partial charge in [-0.1, -0.05) is 42.5 Å². The number of hydrogen-bond donors (Lipinski definition) is 1. The molecule has 1 heterocycles. The number of rotatable bonds is 7. The van der Waals surface area contributed by atoms with Crippen molar-refractivity contribution in [3.63, 3.8) is 0 Å². The third-order valence-corrected chi connectivity index (χ3v) is 5.90. The van der Waals surface area contributed by atoms with Crippen molar-refractivity contribution in [2.24, 2.45) is 0 Å². The van der Waals surface area contributed by atoms with Gasteiger partial charge in [0.05, 0.1) is 0 Å². The van der Waals surface area contributed by atoms with Crippen LogP contribution < -0.4 is 10.1 Å². The highest BCUT2D eigenvalue weighted by Gasteiger charge is 2.23. The zero-order valence-corrected chi connectivity index (χ0v) is 18.2. The molecular formula is C25H32N2O3. The molecule has 1 saturated heterocycles. The second-order valence-electron chi connectivity index (χ2n) is 8.15. The molecular weight excluding hydrogens is 376 g/mol. The van der Waals surface area contributed by atoms with Crippen LogP contribution in [0.1, 0.15) is 41.5 Å². The van der Waals surface area contributed by atoms with Gasteiger partial charge in [0.1, 0.15) is 5.75 Å². The second-order valence-corrected chi connectivity index (χ2v) is 8.15. The summed E-state index contributed by atoms with van der Waals surface area (Å²) in [6.07, 6.45) is 2.87. The summed E-state index contributed by atoms with van der Waals surface area (Å²) >= 11 is 0. The molecule has 3 rings (SSSR count). The largest absolute Gasteiger partial charge is 0.483 e. The Bertz CT molecular complexity index is 871. The van der Waals surface area contributed by atoms with E-state index in [0.717, 1.165) is 41.7 Å². The molecule has 1 fully saturated rings. The summed E-state index contributed by atoms with van der Waals surface area (Å²) in [7, 11) is 0. The molecule has 30 heavy (non-hydrogen) atoms. The zero-order valence-electron chi connectivity index (χ0n) is 18.2. The molecule has 0 spiro atoms. The smallest absolute Gasteiger partial charge is 0.258 e. The lowest BCUT2D eigenvalue weighted by molar-refractivity contribution is -0.132. The molecule has 0 saturated carbocycles. The van der Waals surface area contributed by atoms with E-state index in [4.69, 9.17) is 4.74 Å². The van der Waals surface area contributed by atoms with Gasteiger partial charge in [-0.05, 0) is 62.3 Å². The molecule has 2 aromatic rings. The summed E-state index contributed by atoms with van der Waals surface area (Å²) in [5.74, 6) is 0.880. The SMILES string of the molecule is Cc1ccc(C)c(OCC(=O)NC2CCN(C(=O)CCc3ccccc3)CC2)c1C. The van der Waals surface area contributed by atoms with E-state index in [9.17, 15) is 9.59 Å². The molecule has 0 radical (unpaired) electrons. The summed E-state index contributed by atoms with van der Waals surface area (Å²) in [4.78, 5) is 26.7. The molecule has 0 unspecified atom stereocenters. The Balaban J connectivity index is 1.39. The number of carbonyl (C=O) groups excluding carboxylic acids is 2. The van der Waals surface area contributed by atoms with Gasteiger partial charge in [0, 0.05) is 25.6 Å². The van der Waals surface area contributed by atoms with Crippen molar-refractivity contribution in [2.45, 2.75) is 52.5 Å². The fourth-order valence-electron chi connectivity index (χ4n) is 3.88. The average Bonchev–Trinajstić information content (AvgIpc) is 2.76. The summed E-state index contributed by atoms with van der Waals surface area (Å²) in [6.45, 7) is 7.44. The Morgan fingerprint density at radius 1 is 1.00 bits per heavy atom. The maximum absolute atomic E-state index is 12.5. The van der Waals surface area contributed by atoms with Crippen LogP contribution >= 0.6 is 0 Å². The monoisotopic (exact) mass is 408 g/mol. The van der Waals surface area contributed by atoms with E-state index in [-0.39, 0.29) is 24.5 Å². The van der Waals surface area contributed by atoms with Gasteiger partial charge in [0.2, 0.25) is 5.91 Å². The first-order chi connectivity index (χ1) is 14.4. The fourth-order valence-corrected chi connectivity index (χ4v) is 3.88. The van der Waals surface area contributed by atoms with Crippen LogP contribution in [0, 0.1) is 20.8 Å². The van der Waals surface area contributed by atoms with Crippen molar-refractivity contribution in [3.05, 3.63) is 64.7 Å². The van der Waals surface area contributed by atoms with E-state index in [1.165, 1.54) is 5.56 Å². The van der Waals surface area contributed by atoms with Crippen molar-refractivity contribution in [1.82, 2.24) is 10.2 Å². The normalized spacial score (nSPS) is 14.4. The first-order valence-electron chi connectivity index (χ1n) is 10.7. The lowest BCUT2D eigenvalue weighted by Crippen LogP contribution is -2.47. The number of piperidine rings is 1. The Labute approximate surface area is 179 Å². The molecule has 5 nitrogen and oxygen atoms in total. The van der Waals surface area contributed by atoms with Gasteiger partial charge in [-0.15, -0.1) is 0 Å². The fraction of sp³-hybridized carbons (Fsp3) is 0.440. The van der Waals surface area contributed by atoms with Crippen LogP contribution in [0.4, 0.5) is 0 Å². The number of nitrogens with zero attached hydrogens (tertiary/aromatic N) is 1. The van der Waals surface area contributed by atoms with Crippen LogP contribution in [0.15, 0.2) is 42.5 Å². The van der Waals surface area contributed by atoms with E-state index in [1.54, 1.807) is 0 Å². The highest BCUT2D eigenvalue weighted by atomic mass is 16.5. The molecule has 5 heteroatoms. The summed E-state index contributed by atoms with van der Waals surface area (Å²) in [6, 6.07) is 14.3. The van der Waals surface area contributed by atoms with Crippen molar-refractivity contribution >= 4 is 11.8 Å². The van der Waals surface area contributed by atoms with Crippen molar-refractivity contribution in [1.29, 1.82) is 0 Å². The molecule has 2 amide bonds. The molecule has 0 aromatic heterocycles. The Morgan fingerprint density at radius 2 is 1.67 bits per heavy atom. The van der Waals surface area contributed by atoms with Crippen LogP contribution in [0.5, 0.6) is 5.75 Å². The lowest BCUT2D eigenvalue weighted by Gasteiger charge is -2.32. The number of aryl methyl sites for hydroxylation is 3. The van der Waals surface area contributed by atoms with Crippen LogP contribution in [0.25, 0.3) is 0 Å². The van der Waals surface area contributed by atoms with E-state index >= 15 is 0 Å². The van der Waals surface area contributed by atoms with Gasteiger partial charge in [-0.25, -0.2) is 0 Å². The van der Waals surface area contributed by atoms with Crippen LogP contribution in [0.2, 0.25) is 0 Å². The summed E-state index contributed by atoms with van der Waals surface area (Å²) < 4.78 is 5.81.